The Kier molecular flexibility index (Phi) is 3.92. The van der Waals surface area contributed by atoms with Gasteiger partial charge in [-0.3, -0.25) is 10.1 Å². The number of hydrogen-bond acceptors (Lipinski definition) is 5. The number of nitrogens with zero attached hydrogens (tertiary/aromatic N) is 2. The molecule has 106 valence electrons. The molecule has 0 radical (unpaired) electrons. The third kappa shape index (κ3) is 2.88. The molecule has 1 aromatic carbocycles. The minimum absolute atomic E-state index is 0.0668. The zero-order chi connectivity index (χ0) is 14.9. The lowest BCUT2D eigenvalue weighted by Crippen LogP contribution is -2.28. The first kappa shape index (κ1) is 14.7. The molecule has 20 heavy (non-hydrogen) atoms. The lowest BCUT2D eigenvalue weighted by molar-refractivity contribution is -0.384. The molecular weight excluding hydrogens is 305 g/mol. The van der Waals surface area contributed by atoms with Gasteiger partial charge >= 0.3 is 0 Å². The SMILES string of the molecule is CC(C)(Nc1cc(F)c(Cl)cc1[N+](=O)[O-])c1nccs1. The van der Waals surface area contributed by atoms with Crippen LogP contribution >= 0.6 is 22.9 Å². The summed E-state index contributed by atoms with van der Waals surface area (Å²) in [6.45, 7) is 3.62. The highest BCUT2D eigenvalue weighted by molar-refractivity contribution is 7.09. The van der Waals surface area contributed by atoms with Gasteiger partial charge in [-0.25, -0.2) is 9.37 Å². The van der Waals surface area contributed by atoms with Crippen molar-refractivity contribution in [3.63, 3.8) is 0 Å². The molecule has 1 aromatic heterocycles. The fraction of sp³-hybridized carbons (Fsp3) is 0.250. The summed E-state index contributed by atoms with van der Waals surface area (Å²) in [5.74, 6) is -0.713. The monoisotopic (exact) mass is 315 g/mol. The van der Waals surface area contributed by atoms with E-state index in [2.05, 4.69) is 10.3 Å². The third-order valence-corrected chi connectivity index (χ3v) is 4.04. The molecular formula is C12H11ClFN3O2S. The lowest BCUT2D eigenvalue weighted by atomic mass is 10.1. The van der Waals surface area contributed by atoms with Crippen LogP contribution in [0.25, 0.3) is 0 Å². The molecule has 0 aliphatic rings. The van der Waals surface area contributed by atoms with Gasteiger partial charge in [0.2, 0.25) is 0 Å². The first-order valence-electron chi connectivity index (χ1n) is 5.63. The summed E-state index contributed by atoms with van der Waals surface area (Å²) in [5.41, 5.74) is -0.878. The molecule has 0 amide bonds. The van der Waals surface area contributed by atoms with Crippen molar-refractivity contribution >= 4 is 34.3 Å². The van der Waals surface area contributed by atoms with Crippen molar-refractivity contribution in [1.82, 2.24) is 4.98 Å². The van der Waals surface area contributed by atoms with Gasteiger partial charge in [0.05, 0.1) is 15.5 Å². The average Bonchev–Trinajstić information content (AvgIpc) is 2.87. The number of nitrogens with one attached hydrogen (secondary N) is 1. The smallest absolute Gasteiger partial charge is 0.294 e. The van der Waals surface area contributed by atoms with Gasteiger partial charge in [0, 0.05) is 23.7 Å². The van der Waals surface area contributed by atoms with Crippen molar-refractivity contribution in [3.05, 3.63) is 49.7 Å². The molecule has 2 aromatic rings. The summed E-state index contributed by atoms with van der Waals surface area (Å²) in [4.78, 5) is 14.6. The predicted molar refractivity (Wildman–Crippen MR) is 76.8 cm³/mol. The second-order valence-electron chi connectivity index (χ2n) is 4.63. The highest BCUT2D eigenvalue weighted by Crippen LogP contribution is 2.35. The Morgan fingerprint density at radius 3 is 2.75 bits per heavy atom. The van der Waals surface area contributed by atoms with Crippen LogP contribution < -0.4 is 5.32 Å². The van der Waals surface area contributed by atoms with Crippen molar-refractivity contribution in [2.24, 2.45) is 0 Å². The number of rotatable bonds is 4. The van der Waals surface area contributed by atoms with E-state index >= 15 is 0 Å². The Bertz CT molecular complexity index is 646. The summed E-state index contributed by atoms with van der Waals surface area (Å²) in [5, 5.41) is 16.2. The van der Waals surface area contributed by atoms with Crippen molar-refractivity contribution in [2.45, 2.75) is 19.4 Å². The molecule has 0 aliphatic carbocycles. The second-order valence-corrected chi connectivity index (χ2v) is 5.93. The topological polar surface area (TPSA) is 68.1 Å². The number of thiazole rings is 1. The quantitative estimate of drug-likeness (QED) is 0.678. The molecule has 1 N–H and O–H groups in total. The van der Waals surface area contributed by atoms with Gasteiger partial charge in [0.25, 0.3) is 5.69 Å². The maximum absolute atomic E-state index is 13.5. The van der Waals surface area contributed by atoms with Gasteiger partial charge in [-0.05, 0) is 13.8 Å². The number of nitro benzene ring substituents is 1. The van der Waals surface area contributed by atoms with E-state index < -0.39 is 16.3 Å². The number of benzene rings is 1. The van der Waals surface area contributed by atoms with Gasteiger partial charge < -0.3 is 5.32 Å². The van der Waals surface area contributed by atoms with Gasteiger partial charge in [0.15, 0.2) is 0 Å². The van der Waals surface area contributed by atoms with E-state index in [1.807, 2.05) is 13.8 Å². The summed E-state index contributed by atoms with van der Waals surface area (Å²) in [6.07, 6.45) is 1.64. The minimum Gasteiger partial charge on any atom is -0.368 e. The number of nitro groups is 1. The zero-order valence-electron chi connectivity index (χ0n) is 10.7. The first-order valence-corrected chi connectivity index (χ1v) is 6.88. The zero-order valence-corrected chi connectivity index (χ0v) is 12.3. The van der Waals surface area contributed by atoms with Crippen molar-refractivity contribution in [3.8, 4) is 0 Å². The molecule has 0 atom stereocenters. The molecule has 5 nitrogen and oxygen atoms in total. The van der Waals surface area contributed by atoms with Crippen LogP contribution in [-0.2, 0) is 5.54 Å². The van der Waals surface area contributed by atoms with Crippen LogP contribution in [0.2, 0.25) is 5.02 Å². The Morgan fingerprint density at radius 2 is 2.20 bits per heavy atom. The number of aromatic nitrogens is 1. The number of hydrogen-bond donors (Lipinski definition) is 1. The van der Waals surface area contributed by atoms with E-state index in [9.17, 15) is 14.5 Å². The molecule has 0 unspecified atom stereocenters. The van der Waals surface area contributed by atoms with E-state index in [0.29, 0.717) is 0 Å². The van der Waals surface area contributed by atoms with Crippen molar-refractivity contribution < 1.29 is 9.31 Å². The van der Waals surface area contributed by atoms with Crippen molar-refractivity contribution in [1.29, 1.82) is 0 Å². The van der Waals surface area contributed by atoms with Crippen LogP contribution in [0.15, 0.2) is 23.7 Å². The number of halogens is 2. The van der Waals surface area contributed by atoms with E-state index in [-0.39, 0.29) is 16.4 Å². The number of anilines is 1. The van der Waals surface area contributed by atoms with Crippen LogP contribution in [0.3, 0.4) is 0 Å². The summed E-state index contributed by atoms with van der Waals surface area (Å²) in [6, 6.07) is 2.02. The molecule has 8 heteroatoms. The molecule has 0 saturated carbocycles. The highest BCUT2D eigenvalue weighted by Gasteiger charge is 2.27. The Labute approximate surface area is 123 Å². The second kappa shape index (κ2) is 5.34. The molecule has 0 spiro atoms. The van der Waals surface area contributed by atoms with Crippen LogP contribution in [0.4, 0.5) is 15.8 Å². The Hall–Kier alpha value is -1.73. The van der Waals surface area contributed by atoms with E-state index in [0.717, 1.165) is 17.1 Å². The van der Waals surface area contributed by atoms with Gasteiger partial charge in [-0.2, -0.15) is 0 Å². The van der Waals surface area contributed by atoms with Crippen molar-refractivity contribution in [2.75, 3.05) is 5.32 Å². The first-order chi connectivity index (χ1) is 9.31. The highest BCUT2D eigenvalue weighted by atomic mass is 35.5. The van der Waals surface area contributed by atoms with Gasteiger partial charge in [-0.1, -0.05) is 11.6 Å². The molecule has 0 bridgehead atoms. The fourth-order valence-corrected chi connectivity index (χ4v) is 2.59. The maximum Gasteiger partial charge on any atom is 0.294 e. The van der Waals surface area contributed by atoms with E-state index in [1.165, 1.54) is 11.3 Å². The summed E-state index contributed by atoms with van der Waals surface area (Å²) < 4.78 is 13.5. The van der Waals surface area contributed by atoms with Crippen LogP contribution in [-0.4, -0.2) is 9.91 Å². The third-order valence-electron chi connectivity index (χ3n) is 2.65. The van der Waals surface area contributed by atoms with Crippen LogP contribution in [0, 0.1) is 15.9 Å². The largest absolute Gasteiger partial charge is 0.368 e. The fourth-order valence-electron chi connectivity index (χ4n) is 1.71. The predicted octanol–water partition coefficient (Wildman–Crippen LogP) is 4.19. The van der Waals surface area contributed by atoms with Gasteiger partial charge in [-0.15, -0.1) is 11.3 Å². The van der Waals surface area contributed by atoms with E-state index in [1.54, 1.807) is 11.6 Å². The lowest BCUT2D eigenvalue weighted by Gasteiger charge is -2.25. The Morgan fingerprint density at radius 1 is 1.50 bits per heavy atom. The molecule has 1 heterocycles. The van der Waals surface area contributed by atoms with Gasteiger partial charge in [0.1, 0.15) is 16.5 Å². The van der Waals surface area contributed by atoms with Crippen LogP contribution in [0.1, 0.15) is 18.9 Å². The molecule has 0 aliphatic heterocycles. The summed E-state index contributed by atoms with van der Waals surface area (Å²) >= 11 is 6.99. The molecule has 0 fully saturated rings. The summed E-state index contributed by atoms with van der Waals surface area (Å²) in [7, 11) is 0. The minimum atomic E-state index is -0.713. The molecule has 2 rings (SSSR count). The maximum atomic E-state index is 13.5. The standard InChI is InChI=1S/C12H11ClFN3O2S/c1-12(2,11-15-3-4-20-11)16-9-6-8(14)7(13)5-10(9)17(18)19/h3-6,16H,1-2H3. The van der Waals surface area contributed by atoms with Crippen LogP contribution in [0.5, 0.6) is 0 Å². The Balaban J connectivity index is 2.43. The average molecular weight is 316 g/mol. The molecule has 0 saturated heterocycles. The van der Waals surface area contributed by atoms with E-state index in [4.69, 9.17) is 11.6 Å². The normalized spacial score (nSPS) is 11.4.